The van der Waals surface area contributed by atoms with E-state index in [-0.39, 0.29) is 5.91 Å². The van der Waals surface area contributed by atoms with Gasteiger partial charge in [-0.15, -0.1) is 0 Å². The van der Waals surface area contributed by atoms with E-state index in [2.05, 4.69) is 17.1 Å². The highest BCUT2D eigenvalue weighted by Gasteiger charge is 2.15. The van der Waals surface area contributed by atoms with E-state index in [9.17, 15) is 4.79 Å². The molecule has 1 N–H and O–H groups in total. The van der Waals surface area contributed by atoms with Crippen LogP contribution >= 0.6 is 0 Å². The molecule has 0 spiro atoms. The first-order valence-electron chi connectivity index (χ1n) is 6.94. The maximum atomic E-state index is 12.0. The van der Waals surface area contributed by atoms with E-state index in [1.807, 2.05) is 18.2 Å². The molecule has 2 heterocycles. The Morgan fingerprint density at radius 1 is 1.25 bits per heavy atom. The van der Waals surface area contributed by atoms with E-state index in [0.717, 1.165) is 18.8 Å². The lowest BCUT2D eigenvalue weighted by atomic mass is 10.1. The molecule has 2 aromatic rings. The molecule has 1 aromatic carbocycles. The Bertz CT molecular complexity index is 599. The fraction of sp³-hybridized carbons (Fsp3) is 0.312. The Morgan fingerprint density at radius 3 is 2.75 bits per heavy atom. The van der Waals surface area contributed by atoms with Crippen molar-refractivity contribution in [2.45, 2.75) is 19.8 Å². The zero-order valence-electron chi connectivity index (χ0n) is 11.6. The van der Waals surface area contributed by atoms with Gasteiger partial charge in [-0.25, -0.2) is 0 Å². The first-order valence-corrected chi connectivity index (χ1v) is 6.94. The van der Waals surface area contributed by atoms with Crippen molar-refractivity contribution in [3.63, 3.8) is 0 Å². The highest BCUT2D eigenvalue weighted by Crippen LogP contribution is 2.27. The van der Waals surface area contributed by atoms with Gasteiger partial charge in [0.2, 0.25) is 0 Å². The Hall–Kier alpha value is -2.23. The summed E-state index contributed by atoms with van der Waals surface area (Å²) >= 11 is 0. The lowest BCUT2D eigenvalue weighted by Gasteiger charge is -2.21. The SMILES string of the molecule is Cc1ccc(NC(=O)c2ccco2)cc1N1CCCC1. The Balaban J connectivity index is 1.80. The number of carbonyl (C=O) groups excluding carboxylic acids is 1. The normalized spacial score (nSPS) is 14.6. The molecule has 1 aliphatic heterocycles. The second-order valence-electron chi connectivity index (χ2n) is 5.13. The molecule has 0 unspecified atom stereocenters. The number of nitrogens with one attached hydrogen (secondary N) is 1. The Morgan fingerprint density at radius 2 is 2.05 bits per heavy atom. The van der Waals surface area contributed by atoms with E-state index >= 15 is 0 Å². The Kier molecular flexibility index (Phi) is 3.46. The summed E-state index contributed by atoms with van der Waals surface area (Å²) in [6, 6.07) is 9.38. The molecule has 1 aliphatic rings. The van der Waals surface area contributed by atoms with Crippen molar-refractivity contribution < 1.29 is 9.21 Å². The van der Waals surface area contributed by atoms with Gasteiger partial charge in [0, 0.05) is 24.5 Å². The Labute approximate surface area is 118 Å². The van der Waals surface area contributed by atoms with Crippen LogP contribution in [0.15, 0.2) is 41.0 Å². The molecule has 1 fully saturated rings. The third-order valence-corrected chi connectivity index (χ3v) is 3.66. The van der Waals surface area contributed by atoms with Crippen molar-refractivity contribution in [3.05, 3.63) is 47.9 Å². The number of rotatable bonds is 3. The number of carbonyl (C=O) groups is 1. The lowest BCUT2D eigenvalue weighted by Crippen LogP contribution is -2.19. The van der Waals surface area contributed by atoms with Crippen LogP contribution < -0.4 is 10.2 Å². The first-order chi connectivity index (χ1) is 9.74. The van der Waals surface area contributed by atoms with Crippen LogP contribution in [0.25, 0.3) is 0 Å². The number of amides is 1. The number of hydrogen-bond donors (Lipinski definition) is 1. The summed E-state index contributed by atoms with van der Waals surface area (Å²) in [5.41, 5.74) is 3.25. The summed E-state index contributed by atoms with van der Waals surface area (Å²) in [6.45, 7) is 4.29. The zero-order valence-corrected chi connectivity index (χ0v) is 11.6. The van der Waals surface area contributed by atoms with Gasteiger partial charge < -0.3 is 14.6 Å². The van der Waals surface area contributed by atoms with Crippen LogP contribution in [0.2, 0.25) is 0 Å². The monoisotopic (exact) mass is 270 g/mol. The third-order valence-electron chi connectivity index (χ3n) is 3.66. The molecule has 104 valence electrons. The number of hydrogen-bond acceptors (Lipinski definition) is 3. The molecule has 0 saturated carbocycles. The fourth-order valence-electron chi connectivity index (χ4n) is 2.59. The van der Waals surface area contributed by atoms with Gasteiger partial charge in [0.05, 0.1) is 6.26 Å². The number of nitrogens with zero attached hydrogens (tertiary/aromatic N) is 1. The number of aryl methyl sites for hydroxylation is 1. The van der Waals surface area contributed by atoms with Crippen molar-refractivity contribution in [3.8, 4) is 0 Å². The van der Waals surface area contributed by atoms with Crippen LogP contribution in [0.5, 0.6) is 0 Å². The standard InChI is InChI=1S/C16H18N2O2/c1-12-6-7-13(11-14(12)18-8-2-3-9-18)17-16(19)15-5-4-10-20-15/h4-7,10-11H,2-3,8-9H2,1H3,(H,17,19). The first kappa shape index (κ1) is 12.8. The molecular weight excluding hydrogens is 252 g/mol. The summed E-state index contributed by atoms with van der Waals surface area (Å²) in [5, 5.41) is 2.88. The van der Waals surface area contributed by atoms with Crippen molar-refractivity contribution in [1.82, 2.24) is 0 Å². The van der Waals surface area contributed by atoms with Gasteiger partial charge in [0.15, 0.2) is 5.76 Å². The highest BCUT2D eigenvalue weighted by molar-refractivity contribution is 6.02. The minimum absolute atomic E-state index is 0.216. The van der Waals surface area contributed by atoms with E-state index in [1.54, 1.807) is 12.1 Å². The van der Waals surface area contributed by atoms with Gasteiger partial charge in [0.1, 0.15) is 0 Å². The second-order valence-corrected chi connectivity index (χ2v) is 5.13. The molecule has 4 heteroatoms. The van der Waals surface area contributed by atoms with E-state index < -0.39 is 0 Å². The summed E-state index contributed by atoms with van der Waals surface area (Å²) in [5.74, 6) is 0.111. The van der Waals surface area contributed by atoms with E-state index in [0.29, 0.717) is 5.76 Å². The number of benzene rings is 1. The van der Waals surface area contributed by atoms with Crippen molar-refractivity contribution in [1.29, 1.82) is 0 Å². The van der Waals surface area contributed by atoms with E-state index in [4.69, 9.17) is 4.42 Å². The molecular formula is C16H18N2O2. The molecule has 0 radical (unpaired) electrons. The second kappa shape index (κ2) is 5.41. The molecule has 20 heavy (non-hydrogen) atoms. The van der Waals surface area contributed by atoms with Gasteiger partial charge >= 0.3 is 0 Å². The maximum Gasteiger partial charge on any atom is 0.291 e. The quantitative estimate of drug-likeness (QED) is 0.929. The summed E-state index contributed by atoms with van der Waals surface area (Å²) in [7, 11) is 0. The highest BCUT2D eigenvalue weighted by atomic mass is 16.3. The minimum atomic E-state index is -0.216. The van der Waals surface area contributed by atoms with Crippen molar-refractivity contribution in [2.75, 3.05) is 23.3 Å². The molecule has 1 aromatic heterocycles. The maximum absolute atomic E-state index is 12.0. The van der Waals surface area contributed by atoms with Gasteiger partial charge in [-0.05, 0) is 49.6 Å². The van der Waals surface area contributed by atoms with E-state index in [1.165, 1.54) is 30.4 Å². The van der Waals surface area contributed by atoms with Crippen LogP contribution in [0, 0.1) is 6.92 Å². The molecule has 1 amide bonds. The largest absolute Gasteiger partial charge is 0.459 e. The lowest BCUT2D eigenvalue weighted by molar-refractivity contribution is 0.0996. The molecule has 1 saturated heterocycles. The smallest absolute Gasteiger partial charge is 0.291 e. The van der Waals surface area contributed by atoms with Crippen LogP contribution in [0.3, 0.4) is 0 Å². The average Bonchev–Trinajstić information content (AvgIpc) is 3.14. The molecule has 0 aliphatic carbocycles. The third kappa shape index (κ3) is 2.54. The fourth-order valence-corrected chi connectivity index (χ4v) is 2.59. The van der Waals surface area contributed by atoms with Crippen molar-refractivity contribution in [2.24, 2.45) is 0 Å². The van der Waals surface area contributed by atoms with Crippen LogP contribution in [-0.4, -0.2) is 19.0 Å². The predicted octanol–water partition coefficient (Wildman–Crippen LogP) is 3.44. The molecule has 0 atom stereocenters. The number of anilines is 2. The van der Waals surface area contributed by atoms with Gasteiger partial charge in [0.25, 0.3) is 5.91 Å². The topological polar surface area (TPSA) is 45.5 Å². The van der Waals surface area contributed by atoms with Gasteiger partial charge in [-0.2, -0.15) is 0 Å². The van der Waals surface area contributed by atoms with Crippen molar-refractivity contribution >= 4 is 17.3 Å². The molecule has 3 rings (SSSR count). The van der Waals surface area contributed by atoms with Crippen LogP contribution in [0.1, 0.15) is 29.0 Å². The van der Waals surface area contributed by atoms with Crippen LogP contribution in [-0.2, 0) is 0 Å². The van der Waals surface area contributed by atoms with Crippen LogP contribution in [0.4, 0.5) is 11.4 Å². The molecule has 0 bridgehead atoms. The predicted molar refractivity (Wildman–Crippen MR) is 79.3 cm³/mol. The summed E-state index contributed by atoms with van der Waals surface area (Å²) in [4.78, 5) is 14.3. The summed E-state index contributed by atoms with van der Waals surface area (Å²) in [6.07, 6.45) is 3.98. The average molecular weight is 270 g/mol. The molecule has 4 nitrogen and oxygen atoms in total. The zero-order chi connectivity index (χ0) is 13.9. The van der Waals surface area contributed by atoms with Gasteiger partial charge in [-0.1, -0.05) is 6.07 Å². The minimum Gasteiger partial charge on any atom is -0.459 e. The van der Waals surface area contributed by atoms with Gasteiger partial charge in [-0.3, -0.25) is 4.79 Å². The number of furan rings is 1. The summed E-state index contributed by atoms with van der Waals surface area (Å²) < 4.78 is 5.10.